The van der Waals surface area contributed by atoms with E-state index in [1.54, 1.807) is 7.11 Å². The fraction of sp³-hybridized carbons (Fsp3) is 0.300. The molecule has 0 heterocycles. The molecule has 2 rings (SSSR count). The molecule has 0 aliphatic rings. The first-order valence-corrected chi connectivity index (χ1v) is 8.40. The lowest BCUT2D eigenvalue weighted by Gasteiger charge is -2.18. The van der Waals surface area contributed by atoms with Crippen LogP contribution in [0.5, 0.6) is 5.75 Å². The van der Waals surface area contributed by atoms with E-state index in [1.165, 1.54) is 0 Å². The van der Waals surface area contributed by atoms with Crippen molar-refractivity contribution in [2.45, 2.75) is 25.8 Å². The number of ether oxygens (including phenoxy) is 1. The Hall–Kier alpha value is -2.96. The molecule has 0 spiro atoms. The van der Waals surface area contributed by atoms with E-state index in [0.717, 1.165) is 23.8 Å². The van der Waals surface area contributed by atoms with Gasteiger partial charge >= 0.3 is 5.97 Å². The molecular weight excluding hydrogens is 356 g/mol. The third kappa shape index (κ3) is 5.51. The number of benzene rings is 2. The Morgan fingerprint density at radius 1 is 1.19 bits per heavy atom. The maximum atomic E-state index is 13.9. The molecule has 0 radical (unpaired) electrons. The van der Waals surface area contributed by atoms with Crippen LogP contribution in [0.3, 0.4) is 0 Å². The number of nitrogens with one attached hydrogen (secondary N) is 1. The number of aliphatic carboxylic acids is 1. The van der Waals surface area contributed by atoms with Gasteiger partial charge in [-0.1, -0.05) is 25.1 Å². The van der Waals surface area contributed by atoms with Crippen LogP contribution in [0, 0.1) is 17.6 Å². The molecular formula is C20H21F2NO4. The first-order valence-electron chi connectivity index (χ1n) is 8.40. The van der Waals surface area contributed by atoms with Crippen molar-refractivity contribution in [1.82, 2.24) is 5.32 Å². The standard InChI is InChI=1S/C20H21F2NO4/c1-12(9-13-5-3-4-6-17(13)27-2)10-18(24)23-19(20(25)26)15-11-14(21)7-8-16(15)22/h3-8,11-12,19H,9-10H2,1-2H3,(H,23,24)(H,25,26). The molecule has 0 saturated carbocycles. The van der Waals surface area contributed by atoms with Gasteiger partial charge in [0.2, 0.25) is 5.91 Å². The largest absolute Gasteiger partial charge is 0.496 e. The maximum Gasteiger partial charge on any atom is 0.331 e. The van der Waals surface area contributed by atoms with Crippen molar-refractivity contribution in [2.24, 2.45) is 5.92 Å². The molecule has 144 valence electrons. The molecule has 0 aromatic heterocycles. The Balaban J connectivity index is 2.05. The van der Waals surface area contributed by atoms with E-state index in [0.29, 0.717) is 12.2 Å². The number of rotatable bonds is 8. The minimum absolute atomic E-state index is 0.0266. The molecule has 0 saturated heterocycles. The average Bonchev–Trinajstić information content (AvgIpc) is 2.62. The number of carboxylic acids is 1. The topological polar surface area (TPSA) is 75.6 Å². The summed E-state index contributed by atoms with van der Waals surface area (Å²) in [7, 11) is 1.56. The third-order valence-electron chi connectivity index (χ3n) is 4.12. The van der Waals surface area contributed by atoms with Crippen molar-refractivity contribution >= 4 is 11.9 Å². The summed E-state index contributed by atoms with van der Waals surface area (Å²) in [5.74, 6) is -3.12. The van der Waals surface area contributed by atoms with Gasteiger partial charge in [0.15, 0.2) is 6.04 Å². The van der Waals surface area contributed by atoms with Crippen LogP contribution in [0.2, 0.25) is 0 Å². The van der Waals surface area contributed by atoms with Crippen LogP contribution in [0.25, 0.3) is 0 Å². The minimum Gasteiger partial charge on any atom is -0.496 e. The fourth-order valence-corrected chi connectivity index (χ4v) is 2.86. The van der Waals surface area contributed by atoms with E-state index in [9.17, 15) is 23.5 Å². The summed E-state index contributed by atoms with van der Waals surface area (Å²) in [6.45, 7) is 1.84. The van der Waals surface area contributed by atoms with Crippen molar-refractivity contribution in [3.05, 3.63) is 65.2 Å². The molecule has 2 aromatic rings. The van der Waals surface area contributed by atoms with E-state index in [2.05, 4.69) is 5.32 Å². The number of para-hydroxylation sites is 1. The highest BCUT2D eigenvalue weighted by molar-refractivity contribution is 5.84. The van der Waals surface area contributed by atoms with Crippen molar-refractivity contribution < 1.29 is 28.2 Å². The van der Waals surface area contributed by atoms with Crippen LogP contribution in [0.1, 0.15) is 30.5 Å². The Labute approximate surface area is 156 Å². The van der Waals surface area contributed by atoms with Gasteiger partial charge in [-0.15, -0.1) is 0 Å². The van der Waals surface area contributed by atoms with E-state index in [1.807, 2.05) is 31.2 Å². The predicted octanol–water partition coefficient (Wildman–Crippen LogP) is 3.48. The number of carbonyl (C=O) groups excluding carboxylic acids is 1. The monoisotopic (exact) mass is 377 g/mol. The molecule has 5 nitrogen and oxygen atoms in total. The van der Waals surface area contributed by atoms with Crippen LogP contribution in [0.15, 0.2) is 42.5 Å². The van der Waals surface area contributed by atoms with Crippen molar-refractivity contribution in [3.8, 4) is 5.75 Å². The number of carboxylic acid groups (broad SMARTS) is 1. The quantitative estimate of drug-likeness (QED) is 0.739. The van der Waals surface area contributed by atoms with Crippen molar-refractivity contribution in [1.29, 1.82) is 0 Å². The summed E-state index contributed by atoms with van der Waals surface area (Å²) < 4.78 is 32.5. The minimum atomic E-state index is -1.66. The Morgan fingerprint density at radius 2 is 1.89 bits per heavy atom. The predicted molar refractivity (Wildman–Crippen MR) is 95.4 cm³/mol. The Bertz CT molecular complexity index is 825. The number of hydrogen-bond donors (Lipinski definition) is 2. The smallest absolute Gasteiger partial charge is 0.331 e. The second kappa shape index (κ2) is 9.12. The third-order valence-corrected chi connectivity index (χ3v) is 4.12. The molecule has 0 aliphatic carbocycles. The molecule has 0 aliphatic heterocycles. The summed E-state index contributed by atoms with van der Waals surface area (Å²) in [5.41, 5.74) is 0.500. The zero-order valence-electron chi connectivity index (χ0n) is 15.0. The zero-order chi connectivity index (χ0) is 20.0. The fourth-order valence-electron chi connectivity index (χ4n) is 2.86. The molecule has 27 heavy (non-hydrogen) atoms. The van der Waals surface area contributed by atoms with Crippen LogP contribution < -0.4 is 10.1 Å². The van der Waals surface area contributed by atoms with E-state index < -0.39 is 35.1 Å². The summed E-state index contributed by atoms with van der Waals surface area (Å²) >= 11 is 0. The van der Waals surface area contributed by atoms with E-state index in [4.69, 9.17) is 4.74 Å². The second-order valence-corrected chi connectivity index (χ2v) is 6.33. The number of methoxy groups -OCH3 is 1. The second-order valence-electron chi connectivity index (χ2n) is 6.33. The van der Waals surface area contributed by atoms with Gasteiger partial charge in [0.1, 0.15) is 17.4 Å². The summed E-state index contributed by atoms with van der Waals surface area (Å²) in [4.78, 5) is 23.7. The highest BCUT2D eigenvalue weighted by atomic mass is 19.1. The van der Waals surface area contributed by atoms with Gasteiger partial charge in [0.05, 0.1) is 7.11 Å². The molecule has 0 bridgehead atoms. The lowest BCUT2D eigenvalue weighted by Crippen LogP contribution is -2.35. The van der Waals surface area contributed by atoms with Crippen molar-refractivity contribution in [3.63, 3.8) is 0 Å². The number of hydrogen-bond acceptors (Lipinski definition) is 3. The van der Waals surface area contributed by atoms with Crippen LogP contribution in [-0.2, 0) is 16.0 Å². The average molecular weight is 377 g/mol. The molecule has 2 N–H and O–H groups in total. The SMILES string of the molecule is COc1ccccc1CC(C)CC(=O)NC(C(=O)O)c1cc(F)ccc1F. The lowest BCUT2D eigenvalue weighted by molar-refractivity contribution is -0.142. The summed E-state index contributed by atoms with van der Waals surface area (Å²) in [6, 6.07) is 8.22. The number of halogens is 2. The molecule has 2 atom stereocenters. The summed E-state index contributed by atoms with van der Waals surface area (Å²) in [5, 5.41) is 11.6. The first-order chi connectivity index (χ1) is 12.8. The first kappa shape index (κ1) is 20.4. The highest BCUT2D eigenvalue weighted by Gasteiger charge is 2.26. The molecule has 0 fully saturated rings. The zero-order valence-corrected chi connectivity index (χ0v) is 15.0. The van der Waals surface area contributed by atoms with Gasteiger partial charge in [-0.25, -0.2) is 13.6 Å². The number of carbonyl (C=O) groups is 2. The Kier molecular flexibility index (Phi) is 6.87. The summed E-state index contributed by atoms with van der Waals surface area (Å²) in [6.07, 6.45) is 0.572. The maximum absolute atomic E-state index is 13.9. The van der Waals surface area contributed by atoms with Gasteiger partial charge in [0, 0.05) is 12.0 Å². The van der Waals surface area contributed by atoms with Crippen LogP contribution in [0.4, 0.5) is 8.78 Å². The lowest BCUT2D eigenvalue weighted by atomic mass is 9.96. The van der Waals surface area contributed by atoms with Gasteiger partial charge in [0.25, 0.3) is 0 Å². The molecule has 1 amide bonds. The molecule has 2 unspecified atom stereocenters. The van der Waals surface area contributed by atoms with Gasteiger partial charge in [-0.2, -0.15) is 0 Å². The Morgan fingerprint density at radius 3 is 2.56 bits per heavy atom. The van der Waals surface area contributed by atoms with Crippen molar-refractivity contribution in [2.75, 3.05) is 7.11 Å². The van der Waals surface area contributed by atoms with Crippen LogP contribution in [-0.4, -0.2) is 24.1 Å². The molecule has 7 heteroatoms. The highest BCUT2D eigenvalue weighted by Crippen LogP contribution is 2.23. The number of amides is 1. The molecule has 2 aromatic carbocycles. The normalized spacial score (nSPS) is 12.9. The van der Waals surface area contributed by atoms with Gasteiger partial charge in [-0.05, 0) is 42.2 Å². The van der Waals surface area contributed by atoms with Crippen LogP contribution >= 0.6 is 0 Å². The van der Waals surface area contributed by atoms with E-state index >= 15 is 0 Å². The van der Waals surface area contributed by atoms with Gasteiger partial charge < -0.3 is 15.2 Å². The van der Waals surface area contributed by atoms with Gasteiger partial charge in [-0.3, -0.25) is 4.79 Å². The van der Waals surface area contributed by atoms with E-state index in [-0.39, 0.29) is 12.3 Å².